The van der Waals surface area contributed by atoms with E-state index in [1.807, 2.05) is 0 Å². The van der Waals surface area contributed by atoms with Crippen molar-refractivity contribution in [2.24, 2.45) is 0 Å². The van der Waals surface area contributed by atoms with Gasteiger partial charge in [0.15, 0.2) is 5.78 Å². The summed E-state index contributed by atoms with van der Waals surface area (Å²) < 4.78 is 0. The average Bonchev–Trinajstić information content (AvgIpc) is 2.10. The van der Waals surface area contributed by atoms with Gasteiger partial charge in [0.05, 0.1) is 0 Å². The van der Waals surface area contributed by atoms with E-state index in [0.29, 0.717) is 6.42 Å². The first-order chi connectivity index (χ1) is 6.22. The Morgan fingerprint density at radius 2 is 2.23 bits per heavy atom. The van der Waals surface area contributed by atoms with Crippen LogP contribution in [-0.2, 0) is 4.79 Å². The summed E-state index contributed by atoms with van der Waals surface area (Å²) in [5, 5.41) is 3.12. The number of ketones is 1. The number of rotatable bonds is 7. The van der Waals surface area contributed by atoms with Gasteiger partial charge in [-0.2, -0.15) is 0 Å². The lowest BCUT2D eigenvalue weighted by molar-refractivity contribution is -0.113. The van der Waals surface area contributed by atoms with Gasteiger partial charge in [0.1, 0.15) is 0 Å². The van der Waals surface area contributed by atoms with Crippen molar-refractivity contribution >= 4 is 5.78 Å². The van der Waals surface area contributed by atoms with Gasteiger partial charge in [-0.25, -0.2) is 0 Å². The summed E-state index contributed by atoms with van der Waals surface area (Å²) in [5.74, 6) is 0.115. The fourth-order valence-electron chi connectivity index (χ4n) is 0.934. The Morgan fingerprint density at radius 1 is 1.54 bits per heavy atom. The third kappa shape index (κ3) is 6.14. The van der Waals surface area contributed by atoms with E-state index in [2.05, 4.69) is 18.8 Å². The van der Waals surface area contributed by atoms with Crippen molar-refractivity contribution in [3.05, 3.63) is 24.4 Å². The quantitative estimate of drug-likeness (QED) is 0.371. The molecule has 0 saturated carbocycles. The van der Waals surface area contributed by atoms with Crippen LogP contribution in [0.15, 0.2) is 24.4 Å². The van der Waals surface area contributed by atoms with Crippen molar-refractivity contribution in [3.63, 3.8) is 0 Å². The topological polar surface area (TPSA) is 29.1 Å². The number of carbonyl (C=O) groups is 1. The van der Waals surface area contributed by atoms with Gasteiger partial charge in [0.2, 0.25) is 0 Å². The highest BCUT2D eigenvalue weighted by Crippen LogP contribution is 2.01. The molecule has 2 nitrogen and oxygen atoms in total. The maximum absolute atomic E-state index is 11.0. The van der Waals surface area contributed by atoms with Crippen molar-refractivity contribution in [1.82, 2.24) is 5.32 Å². The molecule has 13 heavy (non-hydrogen) atoms. The van der Waals surface area contributed by atoms with Gasteiger partial charge in [-0.3, -0.25) is 4.79 Å². The van der Waals surface area contributed by atoms with Crippen LogP contribution < -0.4 is 5.32 Å². The third-order valence-electron chi connectivity index (χ3n) is 1.77. The predicted molar refractivity (Wildman–Crippen MR) is 56.5 cm³/mol. The zero-order valence-corrected chi connectivity index (χ0v) is 8.60. The minimum Gasteiger partial charge on any atom is -0.391 e. The Hall–Kier alpha value is -1.05. The Kier molecular flexibility index (Phi) is 6.98. The van der Waals surface area contributed by atoms with Crippen LogP contribution in [0.25, 0.3) is 0 Å². The first-order valence-electron chi connectivity index (χ1n) is 4.76. The zero-order valence-electron chi connectivity index (χ0n) is 8.60. The molecule has 0 aliphatic heterocycles. The molecule has 0 atom stereocenters. The molecule has 0 aliphatic rings. The molecule has 0 rings (SSSR count). The Balaban J connectivity index is 3.89. The molecular formula is C11H19NO. The Labute approximate surface area is 80.7 Å². The van der Waals surface area contributed by atoms with E-state index >= 15 is 0 Å². The molecule has 0 aromatic rings. The summed E-state index contributed by atoms with van der Waals surface area (Å²) in [5.41, 5.74) is 0.797. The van der Waals surface area contributed by atoms with Crippen LogP contribution in [0.2, 0.25) is 0 Å². The van der Waals surface area contributed by atoms with Gasteiger partial charge in [0.25, 0.3) is 0 Å². The smallest absolute Gasteiger partial charge is 0.157 e. The molecule has 74 valence electrons. The number of allylic oxidation sites excluding steroid dienone is 2. The molecule has 1 N–H and O–H groups in total. The molecule has 0 aromatic heterocycles. The molecule has 0 aromatic carbocycles. The highest BCUT2D eigenvalue weighted by atomic mass is 16.1. The summed E-state index contributed by atoms with van der Waals surface area (Å²) in [4.78, 5) is 11.0. The molecule has 0 unspecified atom stereocenters. The molecular weight excluding hydrogens is 162 g/mol. The van der Waals surface area contributed by atoms with Gasteiger partial charge in [-0.1, -0.05) is 19.4 Å². The molecule has 0 saturated heterocycles. The first kappa shape index (κ1) is 11.9. The maximum atomic E-state index is 11.0. The normalized spacial score (nSPS) is 11.1. The van der Waals surface area contributed by atoms with Crippen molar-refractivity contribution in [1.29, 1.82) is 0 Å². The molecule has 0 heterocycles. The molecule has 0 aliphatic carbocycles. The van der Waals surface area contributed by atoms with Crippen LogP contribution >= 0.6 is 0 Å². The van der Waals surface area contributed by atoms with Gasteiger partial charge in [-0.05, 0) is 19.8 Å². The number of hydrogen-bond acceptors (Lipinski definition) is 2. The average molecular weight is 181 g/mol. The molecule has 0 spiro atoms. The Morgan fingerprint density at radius 3 is 2.69 bits per heavy atom. The van der Waals surface area contributed by atoms with Crippen LogP contribution in [0.5, 0.6) is 0 Å². The molecule has 0 fully saturated rings. The minimum absolute atomic E-state index is 0.115. The summed E-state index contributed by atoms with van der Waals surface area (Å²) in [6.45, 7) is 8.26. The van der Waals surface area contributed by atoms with Crippen LogP contribution in [0.1, 0.15) is 33.1 Å². The lowest BCUT2D eigenvalue weighted by Crippen LogP contribution is -2.10. The summed E-state index contributed by atoms with van der Waals surface area (Å²) in [6, 6.07) is 0. The van der Waals surface area contributed by atoms with Crippen LogP contribution in [0, 0.1) is 0 Å². The lowest BCUT2D eigenvalue weighted by atomic mass is 10.1. The van der Waals surface area contributed by atoms with Crippen molar-refractivity contribution in [2.75, 3.05) is 6.54 Å². The minimum atomic E-state index is 0.115. The van der Waals surface area contributed by atoms with Crippen molar-refractivity contribution in [2.45, 2.75) is 33.1 Å². The Bertz CT molecular complexity index is 194. The predicted octanol–water partition coefficient (Wildman–Crippen LogP) is 2.43. The fraction of sp³-hybridized carbons (Fsp3) is 0.545. The second-order valence-corrected chi connectivity index (χ2v) is 3.03. The lowest BCUT2D eigenvalue weighted by Gasteiger charge is -2.02. The van der Waals surface area contributed by atoms with E-state index < -0.39 is 0 Å². The number of hydrogen-bond donors (Lipinski definition) is 1. The van der Waals surface area contributed by atoms with E-state index in [1.165, 1.54) is 0 Å². The van der Waals surface area contributed by atoms with E-state index in [0.717, 1.165) is 25.0 Å². The van der Waals surface area contributed by atoms with Crippen molar-refractivity contribution < 1.29 is 4.79 Å². The molecule has 0 bridgehead atoms. The van der Waals surface area contributed by atoms with Gasteiger partial charge in [0, 0.05) is 18.3 Å². The number of nitrogens with one attached hydrogen (secondary N) is 1. The standard InChI is InChI=1S/C11H19NO/c1-4-6-8-12-9-11(7-5-2)10(3)13/h5,9,12H,2,4,6-8H2,1,3H3/b11-9-. The summed E-state index contributed by atoms with van der Waals surface area (Å²) in [7, 11) is 0. The fourth-order valence-corrected chi connectivity index (χ4v) is 0.934. The molecule has 0 amide bonds. The second-order valence-electron chi connectivity index (χ2n) is 3.03. The monoisotopic (exact) mass is 181 g/mol. The maximum Gasteiger partial charge on any atom is 0.157 e. The number of carbonyl (C=O) groups excluding carboxylic acids is 1. The second kappa shape index (κ2) is 7.59. The summed E-state index contributed by atoms with van der Waals surface area (Å²) in [6.07, 6.45) is 6.50. The summed E-state index contributed by atoms with van der Waals surface area (Å²) >= 11 is 0. The van der Waals surface area contributed by atoms with E-state index in [-0.39, 0.29) is 5.78 Å². The highest BCUT2D eigenvalue weighted by Gasteiger charge is 1.99. The van der Waals surface area contributed by atoms with Crippen molar-refractivity contribution in [3.8, 4) is 0 Å². The number of Topliss-reactive ketones (excluding diaryl/α,β-unsaturated/α-hetero) is 1. The molecule has 0 radical (unpaired) electrons. The third-order valence-corrected chi connectivity index (χ3v) is 1.77. The van der Waals surface area contributed by atoms with E-state index in [4.69, 9.17) is 0 Å². The largest absolute Gasteiger partial charge is 0.391 e. The van der Waals surface area contributed by atoms with Gasteiger partial charge >= 0.3 is 0 Å². The zero-order chi connectivity index (χ0) is 10.1. The first-order valence-corrected chi connectivity index (χ1v) is 4.76. The SMILES string of the molecule is C=CC/C(=C/NCCCC)C(C)=O. The van der Waals surface area contributed by atoms with Crippen LogP contribution in [-0.4, -0.2) is 12.3 Å². The highest BCUT2D eigenvalue weighted by molar-refractivity contribution is 5.93. The molecule has 2 heteroatoms. The van der Waals surface area contributed by atoms with Gasteiger partial charge < -0.3 is 5.32 Å². The van der Waals surface area contributed by atoms with E-state index in [1.54, 1.807) is 19.2 Å². The number of unbranched alkanes of at least 4 members (excludes halogenated alkanes) is 1. The van der Waals surface area contributed by atoms with Crippen LogP contribution in [0.3, 0.4) is 0 Å². The van der Waals surface area contributed by atoms with Crippen LogP contribution in [0.4, 0.5) is 0 Å². The van der Waals surface area contributed by atoms with Gasteiger partial charge in [-0.15, -0.1) is 6.58 Å². The van der Waals surface area contributed by atoms with E-state index in [9.17, 15) is 4.79 Å².